The molecule has 0 radical (unpaired) electrons. The summed E-state index contributed by atoms with van der Waals surface area (Å²) in [6.07, 6.45) is 4.68. The quantitative estimate of drug-likeness (QED) is 0.407. The Hall–Kier alpha value is -2.74. The van der Waals surface area contributed by atoms with Crippen LogP contribution in [0.4, 0.5) is 0 Å². The Bertz CT molecular complexity index is 1150. The lowest BCUT2D eigenvalue weighted by Gasteiger charge is -2.26. The van der Waals surface area contributed by atoms with Crippen LogP contribution < -0.4 is 0 Å². The summed E-state index contributed by atoms with van der Waals surface area (Å²) in [4.78, 5) is 9.28. The van der Waals surface area contributed by atoms with Crippen molar-refractivity contribution in [1.82, 2.24) is 9.97 Å². The third kappa shape index (κ3) is 3.64. The van der Waals surface area contributed by atoms with Gasteiger partial charge in [0.25, 0.3) is 0 Å². The van der Waals surface area contributed by atoms with Gasteiger partial charge in [-0.15, -0.1) is 0 Å². The maximum atomic E-state index is 5.01. The Kier molecular flexibility index (Phi) is 4.45. The van der Waals surface area contributed by atoms with E-state index in [4.69, 9.17) is 4.98 Å². The van der Waals surface area contributed by atoms with Gasteiger partial charge in [-0.1, -0.05) is 65.0 Å². The maximum Gasteiger partial charge on any atom is 0.0708 e. The van der Waals surface area contributed by atoms with E-state index in [9.17, 15) is 0 Å². The highest BCUT2D eigenvalue weighted by molar-refractivity contribution is 5.82. The molecule has 2 aromatic carbocycles. The second-order valence-electron chi connectivity index (χ2n) is 9.46. The van der Waals surface area contributed by atoms with Crippen molar-refractivity contribution in [3.05, 3.63) is 83.8 Å². The maximum absolute atomic E-state index is 5.01. The van der Waals surface area contributed by atoms with Crippen molar-refractivity contribution >= 4 is 21.7 Å². The van der Waals surface area contributed by atoms with Crippen LogP contribution in [0.2, 0.25) is 0 Å². The molecule has 0 saturated carbocycles. The summed E-state index contributed by atoms with van der Waals surface area (Å²) < 4.78 is 0. The number of hydrogen-bond acceptors (Lipinski definition) is 2. The van der Waals surface area contributed by atoms with E-state index in [-0.39, 0.29) is 10.8 Å². The first-order valence-electron chi connectivity index (χ1n) is 9.97. The Balaban J connectivity index is 1.68. The van der Waals surface area contributed by atoms with E-state index >= 15 is 0 Å². The lowest BCUT2D eigenvalue weighted by molar-refractivity contribution is 0.517. The van der Waals surface area contributed by atoms with Gasteiger partial charge in [0.05, 0.1) is 5.52 Å². The molecule has 0 atom stereocenters. The summed E-state index contributed by atoms with van der Waals surface area (Å²) >= 11 is 0. The third-order valence-corrected chi connectivity index (χ3v) is 5.66. The van der Waals surface area contributed by atoms with Gasteiger partial charge >= 0.3 is 0 Å². The summed E-state index contributed by atoms with van der Waals surface area (Å²) in [5, 5.41) is 3.62. The molecule has 2 nitrogen and oxygen atoms in total. The van der Waals surface area contributed by atoms with Crippen LogP contribution in [0.5, 0.6) is 0 Å². The molecule has 0 aliphatic carbocycles. The van der Waals surface area contributed by atoms with Crippen LogP contribution in [0, 0.1) is 0 Å². The van der Waals surface area contributed by atoms with Gasteiger partial charge in [-0.05, 0) is 58.0 Å². The normalized spacial score (nSPS) is 12.6. The second-order valence-corrected chi connectivity index (χ2v) is 9.46. The standard InChI is InChI=1S/C26H28N2/c1-25(2,3)21-9-7-19-8-11-23(28-24(19)15-21)16-26(4,5)22-10-6-18-12-13-27-17-20(18)14-22/h6-15,17H,16H2,1-5H3. The summed E-state index contributed by atoms with van der Waals surface area (Å²) in [5.41, 5.74) is 4.99. The van der Waals surface area contributed by atoms with E-state index in [0.29, 0.717) is 0 Å². The average Bonchev–Trinajstić information content (AvgIpc) is 2.66. The number of aromatic nitrogens is 2. The summed E-state index contributed by atoms with van der Waals surface area (Å²) in [5.74, 6) is 0. The van der Waals surface area contributed by atoms with Gasteiger partial charge in [-0.2, -0.15) is 0 Å². The highest BCUT2D eigenvalue weighted by Crippen LogP contribution is 2.31. The van der Waals surface area contributed by atoms with E-state index in [1.165, 1.54) is 27.3 Å². The molecule has 0 amide bonds. The van der Waals surface area contributed by atoms with Gasteiger partial charge in [0.15, 0.2) is 0 Å². The SMILES string of the molecule is CC(C)(C)c1ccc2ccc(CC(C)(C)c3ccc4ccncc4c3)nc2c1. The summed E-state index contributed by atoms with van der Waals surface area (Å²) in [6, 6.07) is 19.8. The molecule has 0 saturated heterocycles. The Morgan fingerprint density at radius 1 is 0.714 bits per heavy atom. The molecule has 2 heterocycles. The zero-order valence-corrected chi connectivity index (χ0v) is 17.5. The van der Waals surface area contributed by atoms with Crippen LogP contribution in [0.15, 0.2) is 67.0 Å². The molecule has 28 heavy (non-hydrogen) atoms. The largest absolute Gasteiger partial charge is 0.264 e. The van der Waals surface area contributed by atoms with Crippen molar-refractivity contribution in [2.75, 3.05) is 0 Å². The van der Waals surface area contributed by atoms with Gasteiger partial charge < -0.3 is 0 Å². The minimum atomic E-state index is -0.00759. The van der Waals surface area contributed by atoms with Gasteiger partial charge in [-0.3, -0.25) is 9.97 Å². The van der Waals surface area contributed by atoms with Crippen molar-refractivity contribution in [1.29, 1.82) is 0 Å². The summed E-state index contributed by atoms with van der Waals surface area (Å²) in [6.45, 7) is 11.3. The first-order valence-corrected chi connectivity index (χ1v) is 9.97. The highest BCUT2D eigenvalue weighted by Gasteiger charge is 2.22. The molecule has 0 spiro atoms. The molecule has 4 aromatic rings. The zero-order chi connectivity index (χ0) is 19.9. The predicted molar refractivity (Wildman–Crippen MR) is 119 cm³/mol. The van der Waals surface area contributed by atoms with E-state index in [0.717, 1.165) is 17.6 Å². The molecule has 4 rings (SSSR count). The number of hydrogen-bond donors (Lipinski definition) is 0. The van der Waals surface area contributed by atoms with Crippen molar-refractivity contribution < 1.29 is 0 Å². The number of rotatable bonds is 3. The molecule has 142 valence electrons. The number of benzene rings is 2. The third-order valence-electron chi connectivity index (χ3n) is 5.66. The minimum Gasteiger partial charge on any atom is -0.264 e. The monoisotopic (exact) mass is 368 g/mol. The minimum absolute atomic E-state index is 0.00759. The molecule has 0 bridgehead atoms. The van der Waals surface area contributed by atoms with Crippen molar-refractivity contribution in [3.63, 3.8) is 0 Å². The molecule has 2 heteroatoms. The Labute approximate surface area is 167 Å². The average molecular weight is 369 g/mol. The van der Waals surface area contributed by atoms with Crippen molar-refractivity contribution in [2.24, 2.45) is 0 Å². The Morgan fingerprint density at radius 3 is 2.21 bits per heavy atom. The van der Waals surface area contributed by atoms with E-state index < -0.39 is 0 Å². The topological polar surface area (TPSA) is 25.8 Å². The lowest BCUT2D eigenvalue weighted by atomic mass is 9.79. The van der Waals surface area contributed by atoms with E-state index in [2.05, 4.69) is 94.2 Å². The summed E-state index contributed by atoms with van der Waals surface area (Å²) in [7, 11) is 0. The first kappa shape index (κ1) is 18.6. The highest BCUT2D eigenvalue weighted by atomic mass is 14.7. The fourth-order valence-electron chi connectivity index (χ4n) is 3.79. The zero-order valence-electron chi connectivity index (χ0n) is 17.5. The van der Waals surface area contributed by atoms with Crippen LogP contribution >= 0.6 is 0 Å². The van der Waals surface area contributed by atoms with Crippen molar-refractivity contribution in [3.8, 4) is 0 Å². The number of nitrogens with zero attached hydrogens (tertiary/aromatic N) is 2. The van der Waals surface area contributed by atoms with E-state index in [1.54, 1.807) is 0 Å². The van der Waals surface area contributed by atoms with Crippen LogP contribution in [-0.4, -0.2) is 9.97 Å². The van der Waals surface area contributed by atoms with Crippen LogP contribution in [-0.2, 0) is 17.3 Å². The molecule has 0 unspecified atom stereocenters. The van der Waals surface area contributed by atoms with Crippen LogP contribution in [0.1, 0.15) is 51.4 Å². The van der Waals surface area contributed by atoms with Crippen LogP contribution in [0.25, 0.3) is 21.7 Å². The molecule has 0 aliphatic rings. The van der Waals surface area contributed by atoms with Gasteiger partial charge in [0.2, 0.25) is 0 Å². The van der Waals surface area contributed by atoms with Crippen LogP contribution in [0.3, 0.4) is 0 Å². The molecule has 0 N–H and O–H groups in total. The molecular weight excluding hydrogens is 340 g/mol. The second kappa shape index (κ2) is 6.70. The van der Waals surface area contributed by atoms with Gasteiger partial charge in [0, 0.05) is 28.9 Å². The first-order chi connectivity index (χ1) is 13.2. The smallest absolute Gasteiger partial charge is 0.0708 e. The molecule has 2 aromatic heterocycles. The fraction of sp³-hybridized carbons (Fsp3) is 0.308. The predicted octanol–water partition coefficient (Wildman–Crippen LogP) is 6.60. The molecule has 0 fully saturated rings. The van der Waals surface area contributed by atoms with Gasteiger partial charge in [-0.25, -0.2) is 0 Å². The van der Waals surface area contributed by atoms with Crippen molar-refractivity contribution in [2.45, 2.75) is 51.9 Å². The molecule has 0 aliphatic heterocycles. The Morgan fingerprint density at radius 2 is 1.43 bits per heavy atom. The van der Waals surface area contributed by atoms with Gasteiger partial charge in [0.1, 0.15) is 0 Å². The number of fused-ring (bicyclic) bond motifs is 2. The lowest BCUT2D eigenvalue weighted by Crippen LogP contribution is -2.21. The molecular formula is C26H28N2. The fourth-order valence-corrected chi connectivity index (χ4v) is 3.79. The van der Waals surface area contributed by atoms with E-state index in [1.807, 2.05) is 12.4 Å². The number of pyridine rings is 2.